The predicted octanol–water partition coefficient (Wildman–Crippen LogP) is 3.61. The highest BCUT2D eigenvalue weighted by molar-refractivity contribution is 6.05. The molecule has 1 amide bonds. The van der Waals surface area contributed by atoms with E-state index in [1.807, 2.05) is 45.0 Å². The largest absolute Gasteiger partial charge is 0.463 e. The van der Waals surface area contributed by atoms with Crippen LogP contribution < -0.4 is 0 Å². The summed E-state index contributed by atoms with van der Waals surface area (Å²) in [4.78, 5) is 14.5. The van der Waals surface area contributed by atoms with E-state index in [-0.39, 0.29) is 11.9 Å². The lowest BCUT2D eigenvalue weighted by atomic mass is 10.0. The summed E-state index contributed by atoms with van der Waals surface area (Å²) in [5, 5.41) is 8.02. The minimum Gasteiger partial charge on any atom is -0.463 e. The van der Waals surface area contributed by atoms with Gasteiger partial charge in [0.05, 0.1) is 17.3 Å². The Morgan fingerprint density at radius 2 is 2.05 bits per heavy atom. The number of carbonyl (C=O) groups excluding carboxylic acids is 1. The topological polar surface area (TPSA) is 62.1 Å². The molecule has 0 aliphatic carbocycles. The summed E-state index contributed by atoms with van der Waals surface area (Å²) in [6.07, 6.45) is 1.53. The number of aromatic amines is 1. The second-order valence-electron chi connectivity index (χ2n) is 5.59. The van der Waals surface area contributed by atoms with Gasteiger partial charge in [0.25, 0.3) is 5.91 Å². The van der Waals surface area contributed by atoms with Crippen LogP contribution in [-0.4, -0.2) is 28.1 Å². The minimum absolute atomic E-state index is 0.0579. The number of nitrogens with zero attached hydrogens (tertiary/aromatic N) is 2. The Bertz CT molecular complexity index is 812. The van der Waals surface area contributed by atoms with Crippen LogP contribution in [0.5, 0.6) is 0 Å². The zero-order valence-electron chi connectivity index (χ0n) is 13.2. The molecule has 0 fully saturated rings. The number of hydrogen-bond acceptors (Lipinski definition) is 3. The first-order chi connectivity index (χ1) is 10.5. The smallest absolute Gasteiger partial charge is 0.257 e. The van der Waals surface area contributed by atoms with Crippen molar-refractivity contribution in [3.8, 4) is 0 Å². The van der Waals surface area contributed by atoms with E-state index in [2.05, 4.69) is 10.2 Å². The fraction of sp³-hybridized carbons (Fsp3) is 0.294. The van der Waals surface area contributed by atoms with E-state index in [0.717, 1.165) is 27.9 Å². The molecule has 0 radical (unpaired) electrons. The number of para-hydroxylation sites is 1. The maximum atomic E-state index is 12.8. The fourth-order valence-corrected chi connectivity index (χ4v) is 2.88. The van der Waals surface area contributed by atoms with E-state index in [9.17, 15) is 4.79 Å². The number of H-pyrrole nitrogens is 1. The Kier molecular flexibility index (Phi) is 3.48. The van der Waals surface area contributed by atoms with Gasteiger partial charge in [-0.1, -0.05) is 18.2 Å². The van der Waals surface area contributed by atoms with Crippen molar-refractivity contribution in [3.05, 3.63) is 53.0 Å². The molecular formula is C17H19N3O2. The summed E-state index contributed by atoms with van der Waals surface area (Å²) >= 11 is 0. The van der Waals surface area contributed by atoms with Crippen molar-refractivity contribution >= 4 is 16.9 Å². The number of benzene rings is 1. The molecule has 22 heavy (non-hydrogen) atoms. The van der Waals surface area contributed by atoms with Gasteiger partial charge >= 0.3 is 0 Å². The second kappa shape index (κ2) is 5.33. The third-order valence-corrected chi connectivity index (χ3v) is 4.22. The van der Waals surface area contributed by atoms with Crippen molar-refractivity contribution in [2.75, 3.05) is 7.05 Å². The highest BCUT2D eigenvalue weighted by Crippen LogP contribution is 2.28. The summed E-state index contributed by atoms with van der Waals surface area (Å²) in [5.74, 6) is -0.0579. The van der Waals surface area contributed by atoms with Gasteiger partial charge in [-0.25, -0.2) is 0 Å². The first kappa shape index (κ1) is 14.4. The fourth-order valence-electron chi connectivity index (χ4n) is 2.88. The lowest BCUT2D eigenvalue weighted by molar-refractivity contribution is 0.0743. The summed E-state index contributed by atoms with van der Waals surface area (Å²) in [5.41, 5.74) is 4.28. The number of rotatable bonds is 3. The maximum absolute atomic E-state index is 12.8. The number of aryl methyl sites for hydroxylation is 2. The number of fused-ring (bicyclic) bond motifs is 1. The number of hydrogen-bond donors (Lipinski definition) is 1. The molecule has 0 unspecified atom stereocenters. The summed E-state index contributed by atoms with van der Waals surface area (Å²) in [6, 6.07) is 7.49. The molecule has 5 nitrogen and oxygen atoms in total. The maximum Gasteiger partial charge on any atom is 0.257 e. The molecule has 3 rings (SSSR count). The van der Waals surface area contributed by atoms with Gasteiger partial charge in [0.1, 0.15) is 11.8 Å². The molecule has 2 heterocycles. The standard InChI is InChI=1S/C17H19N3O2/c1-10-16(11(2)19-18-10)12(3)20(4)17(21)14-9-22-15-8-6-5-7-13(14)15/h5-9,12H,1-4H3,(H,18,19)/t12-/m0/s1. The van der Waals surface area contributed by atoms with Gasteiger partial charge in [0.2, 0.25) is 0 Å². The van der Waals surface area contributed by atoms with Crippen LogP contribution in [0.4, 0.5) is 0 Å². The average Bonchev–Trinajstić information content (AvgIpc) is 3.09. The highest BCUT2D eigenvalue weighted by atomic mass is 16.3. The Labute approximate surface area is 128 Å². The van der Waals surface area contributed by atoms with Gasteiger partial charge in [-0.3, -0.25) is 9.89 Å². The van der Waals surface area contributed by atoms with Gasteiger partial charge in [0, 0.05) is 23.7 Å². The van der Waals surface area contributed by atoms with Crippen LogP contribution in [0.25, 0.3) is 11.0 Å². The zero-order chi connectivity index (χ0) is 15.9. The quantitative estimate of drug-likeness (QED) is 0.803. The molecule has 2 aromatic heterocycles. The van der Waals surface area contributed by atoms with Crippen molar-refractivity contribution in [1.82, 2.24) is 15.1 Å². The molecule has 3 aromatic rings. The number of aromatic nitrogens is 2. The number of carbonyl (C=O) groups is 1. The normalized spacial score (nSPS) is 12.5. The van der Waals surface area contributed by atoms with Crippen LogP contribution in [0.3, 0.4) is 0 Å². The Morgan fingerprint density at radius 3 is 2.73 bits per heavy atom. The molecule has 0 bridgehead atoms. The van der Waals surface area contributed by atoms with Gasteiger partial charge in [-0.05, 0) is 26.8 Å². The van der Waals surface area contributed by atoms with Crippen LogP contribution in [0, 0.1) is 13.8 Å². The Balaban J connectivity index is 1.95. The second-order valence-corrected chi connectivity index (χ2v) is 5.59. The lowest BCUT2D eigenvalue weighted by Crippen LogP contribution is -2.30. The summed E-state index contributed by atoms with van der Waals surface area (Å²) in [7, 11) is 1.81. The van der Waals surface area contributed by atoms with Crippen LogP contribution >= 0.6 is 0 Å². The molecule has 1 atom stereocenters. The van der Waals surface area contributed by atoms with Crippen LogP contribution in [0.2, 0.25) is 0 Å². The lowest BCUT2D eigenvalue weighted by Gasteiger charge is -2.25. The SMILES string of the molecule is Cc1n[nH]c(C)c1[C@H](C)N(C)C(=O)c1coc2ccccc12. The van der Waals surface area contributed by atoms with Gasteiger partial charge in [0.15, 0.2) is 0 Å². The molecule has 114 valence electrons. The zero-order valence-corrected chi connectivity index (χ0v) is 13.2. The van der Waals surface area contributed by atoms with Crippen molar-refractivity contribution in [3.63, 3.8) is 0 Å². The molecule has 0 saturated carbocycles. The molecule has 0 aliphatic rings. The van der Waals surface area contributed by atoms with Crippen LogP contribution in [0.1, 0.15) is 40.3 Å². The Hall–Kier alpha value is -2.56. The molecule has 5 heteroatoms. The average molecular weight is 297 g/mol. The third-order valence-electron chi connectivity index (χ3n) is 4.22. The number of furan rings is 1. The van der Waals surface area contributed by atoms with Gasteiger partial charge in [-0.2, -0.15) is 5.10 Å². The van der Waals surface area contributed by atoms with Crippen molar-refractivity contribution in [2.45, 2.75) is 26.8 Å². The van der Waals surface area contributed by atoms with Gasteiger partial charge in [-0.15, -0.1) is 0 Å². The van der Waals surface area contributed by atoms with Crippen molar-refractivity contribution < 1.29 is 9.21 Å². The predicted molar refractivity (Wildman–Crippen MR) is 84.8 cm³/mol. The van der Waals surface area contributed by atoms with E-state index in [1.54, 1.807) is 11.9 Å². The monoisotopic (exact) mass is 297 g/mol. The molecule has 1 N–H and O–H groups in total. The highest BCUT2D eigenvalue weighted by Gasteiger charge is 2.25. The first-order valence-electron chi connectivity index (χ1n) is 7.25. The van der Waals surface area contributed by atoms with Crippen molar-refractivity contribution in [2.24, 2.45) is 0 Å². The van der Waals surface area contributed by atoms with Crippen LogP contribution in [0.15, 0.2) is 34.9 Å². The van der Waals surface area contributed by atoms with E-state index >= 15 is 0 Å². The summed E-state index contributed by atoms with van der Waals surface area (Å²) in [6.45, 7) is 5.92. The Morgan fingerprint density at radius 1 is 1.32 bits per heavy atom. The van der Waals surface area contributed by atoms with E-state index < -0.39 is 0 Å². The van der Waals surface area contributed by atoms with E-state index in [4.69, 9.17) is 4.42 Å². The molecule has 0 aliphatic heterocycles. The molecule has 0 saturated heterocycles. The van der Waals surface area contributed by atoms with Crippen molar-refractivity contribution in [1.29, 1.82) is 0 Å². The number of amides is 1. The van der Waals surface area contributed by atoms with Crippen LogP contribution in [-0.2, 0) is 0 Å². The van der Waals surface area contributed by atoms with E-state index in [1.165, 1.54) is 6.26 Å². The number of nitrogens with one attached hydrogen (secondary N) is 1. The molecule has 0 spiro atoms. The summed E-state index contributed by atoms with van der Waals surface area (Å²) < 4.78 is 5.47. The third kappa shape index (κ3) is 2.19. The minimum atomic E-state index is -0.0695. The van der Waals surface area contributed by atoms with Gasteiger partial charge < -0.3 is 9.32 Å². The first-order valence-corrected chi connectivity index (χ1v) is 7.25. The molecular weight excluding hydrogens is 278 g/mol. The van der Waals surface area contributed by atoms with E-state index in [0.29, 0.717) is 5.56 Å². The molecule has 1 aromatic carbocycles.